The van der Waals surface area contributed by atoms with Gasteiger partial charge in [0.05, 0.1) is 11.0 Å². The van der Waals surface area contributed by atoms with Gasteiger partial charge in [-0.1, -0.05) is 30.3 Å². The molecular weight excluding hydrogens is 395 g/mol. The number of rotatable bonds is 3. The molecule has 2 aliphatic rings. The number of carbonyl (C=O) groups excluding carboxylic acids is 1. The largest absolute Gasteiger partial charge is 0.417 e. The summed E-state index contributed by atoms with van der Waals surface area (Å²) in [4.78, 5) is 21.4. The third kappa shape index (κ3) is 4.01. The van der Waals surface area contributed by atoms with Crippen molar-refractivity contribution in [1.82, 2.24) is 9.88 Å². The Balaban J connectivity index is 1.46. The van der Waals surface area contributed by atoms with Gasteiger partial charge in [0.25, 0.3) is 0 Å². The molecule has 1 aromatic heterocycles. The molecule has 2 aliphatic heterocycles. The minimum Gasteiger partial charge on any atom is -0.381 e. The van der Waals surface area contributed by atoms with Crippen LogP contribution in [0.1, 0.15) is 24.0 Å². The quantitative estimate of drug-likeness (QED) is 0.764. The van der Waals surface area contributed by atoms with Crippen molar-refractivity contribution in [2.45, 2.75) is 24.4 Å². The van der Waals surface area contributed by atoms with Crippen LogP contribution in [0.3, 0.4) is 0 Å². The van der Waals surface area contributed by atoms with E-state index < -0.39 is 17.2 Å². The highest BCUT2D eigenvalue weighted by molar-refractivity contribution is 5.88. The third-order valence-electron chi connectivity index (χ3n) is 6.05. The number of aromatic nitrogens is 1. The number of pyridine rings is 1. The second-order valence-electron chi connectivity index (χ2n) is 7.74. The summed E-state index contributed by atoms with van der Waals surface area (Å²) in [7, 11) is 0. The predicted octanol–water partition coefficient (Wildman–Crippen LogP) is 3.50. The molecule has 0 N–H and O–H groups in total. The molecule has 0 unspecified atom stereocenters. The molecule has 1 aromatic carbocycles. The number of piperazine rings is 1. The molecule has 0 aliphatic carbocycles. The molecular formula is C22H24F3N3O2. The van der Waals surface area contributed by atoms with Gasteiger partial charge in [0.1, 0.15) is 5.82 Å². The van der Waals surface area contributed by atoms with Gasteiger partial charge in [0.2, 0.25) is 5.91 Å². The van der Waals surface area contributed by atoms with E-state index >= 15 is 0 Å². The van der Waals surface area contributed by atoms with E-state index in [4.69, 9.17) is 4.74 Å². The van der Waals surface area contributed by atoms with E-state index in [1.54, 1.807) is 0 Å². The van der Waals surface area contributed by atoms with E-state index in [2.05, 4.69) is 4.98 Å². The molecule has 3 heterocycles. The van der Waals surface area contributed by atoms with Crippen molar-refractivity contribution in [3.8, 4) is 0 Å². The fourth-order valence-electron chi connectivity index (χ4n) is 4.29. The number of hydrogen-bond acceptors (Lipinski definition) is 4. The molecule has 2 saturated heterocycles. The van der Waals surface area contributed by atoms with Crippen LogP contribution in [0.15, 0.2) is 48.7 Å². The normalized spacial score (nSPS) is 19.6. The molecule has 0 atom stereocenters. The van der Waals surface area contributed by atoms with Crippen molar-refractivity contribution >= 4 is 11.7 Å². The summed E-state index contributed by atoms with van der Waals surface area (Å²) in [5, 5.41) is 0. The zero-order valence-corrected chi connectivity index (χ0v) is 16.6. The number of carbonyl (C=O) groups is 1. The van der Waals surface area contributed by atoms with Crippen LogP contribution in [-0.2, 0) is 21.1 Å². The number of ether oxygens (including phenoxy) is 1. The lowest BCUT2D eigenvalue weighted by Crippen LogP contribution is -2.56. The van der Waals surface area contributed by atoms with Crippen molar-refractivity contribution in [3.63, 3.8) is 0 Å². The first-order valence-corrected chi connectivity index (χ1v) is 10.1. The standard InChI is InChI=1S/C22H24F3N3O2/c23-22(24,25)18-6-7-19(26-16-18)27-10-12-28(13-11-27)20(29)21(8-14-30-15-9-21)17-4-2-1-3-5-17/h1-7,16H,8-15H2. The van der Waals surface area contributed by atoms with E-state index in [-0.39, 0.29) is 5.91 Å². The average Bonchev–Trinajstić information content (AvgIpc) is 2.79. The Morgan fingerprint density at radius 2 is 1.63 bits per heavy atom. The van der Waals surface area contributed by atoms with Gasteiger partial charge in [-0.15, -0.1) is 0 Å². The van der Waals surface area contributed by atoms with Gasteiger partial charge in [-0.2, -0.15) is 13.2 Å². The lowest BCUT2D eigenvalue weighted by molar-refractivity contribution is -0.141. The Morgan fingerprint density at radius 1 is 0.967 bits per heavy atom. The number of alkyl halides is 3. The molecule has 1 amide bonds. The highest BCUT2D eigenvalue weighted by atomic mass is 19.4. The highest BCUT2D eigenvalue weighted by Gasteiger charge is 2.44. The summed E-state index contributed by atoms with van der Waals surface area (Å²) in [5.41, 5.74) is -0.316. The minimum atomic E-state index is -4.40. The molecule has 0 radical (unpaired) electrons. The summed E-state index contributed by atoms with van der Waals surface area (Å²) in [6.45, 7) is 3.19. The first-order valence-electron chi connectivity index (χ1n) is 10.1. The van der Waals surface area contributed by atoms with Crippen LogP contribution >= 0.6 is 0 Å². The second-order valence-corrected chi connectivity index (χ2v) is 7.74. The summed E-state index contributed by atoms with van der Waals surface area (Å²) in [6, 6.07) is 12.3. The molecule has 160 valence electrons. The Morgan fingerprint density at radius 3 is 2.20 bits per heavy atom. The maximum atomic E-state index is 13.6. The first kappa shape index (κ1) is 20.7. The van der Waals surface area contributed by atoms with Crippen LogP contribution in [0.25, 0.3) is 0 Å². The third-order valence-corrected chi connectivity index (χ3v) is 6.05. The van der Waals surface area contributed by atoms with Crippen molar-refractivity contribution in [2.75, 3.05) is 44.3 Å². The maximum absolute atomic E-state index is 13.6. The highest BCUT2D eigenvalue weighted by Crippen LogP contribution is 2.37. The van der Waals surface area contributed by atoms with Gasteiger partial charge in [0, 0.05) is 45.6 Å². The molecule has 5 nitrogen and oxygen atoms in total. The molecule has 0 bridgehead atoms. The van der Waals surface area contributed by atoms with Crippen LogP contribution in [-0.4, -0.2) is 55.2 Å². The average molecular weight is 419 g/mol. The lowest BCUT2D eigenvalue weighted by atomic mass is 9.73. The van der Waals surface area contributed by atoms with E-state index in [0.717, 1.165) is 17.8 Å². The maximum Gasteiger partial charge on any atom is 0.417 e. The van der Waals surface area contributed by atoms with Gasteiger partial charge in [0.15, 0.2) is 0 Å². The fourth-order valence-corrected chi connectivity index (χ4v) is 4.29. The molecule has 30 heavy (non-hydrogen) atoms. The first-order chi connectivity index (χ1) is 14.4. The molecule has 2 aromatic rings. The van der Waals surface area contributed by atoms with Crippen molar-refractivity contribution in [2.24, 2.45) is 0 Å². The van der Waals surface area contributed by atoms with Gasteiger partial charge < -0.3 is 14.5 Å². The van der Waals surface area contributed by atoms with E-state index in [1.807, 2.05) is 40.1 Å². The monoisotopic (exact) mass is 419 g/mol. The van der Waals surface area contributed by atoms with Crippen LogP contribution < -0.4 is 4.90 Å². The zero-order valence-electron chi connectivity index (χ0n) is 16.6. The van der Waals surface area contributed by atoms with Crippen molar-refractivity contribution < 1.29 is 22.7 Å². The molecule has 0 saturated carbocycles. The number of nitrogens with zero attached hydrogens (tertiary/aromatic N) is 3. The van der Waals surface area contributed by atoms with Gasteiger partial charge in [-0.3, -0.25) is 4.79 Å². The van der Waals surface area contributed by atoms with Crippen LogP contribution in [0.2, 0.25) is 0 Å². The molecule has 0 spiro atoms. The van der Waals surface area contributed by atoms with E-state index in [0.29, 0.717) is 58.1 Å². The molecule has 2 fully saturated rings. The van der Waals surface area contributed by atoms with Gasteiger partial charge in [-0.25, -0.2) is 4.98 Å². The Kier molecular flexibility index (Phi) is 5.69. The topological polar surface area (TPSA) is 45.7 Å². The number of amides is 1. The minimum absolute atomic E-state index is 0.108. The van der Waals surface area contributed by atoms with Gasteiger partial charge in [-0.05, 0) is 30.5 Å². The number of halogens is 3. The number of benzene rings is 1. The van der Waals surface area contributed by atoms with Crippen molar-refractivity contribution in [3.05, 3.63) is 59.8 Å². The van der Waals surface area contributed by atoms with E-state index in [1.165, 1.54) is 6.07 Å². The van der Waals surface area contributed by atoms with Gasteiger partial charge >= 0.3 is 6.18 Å². The predicted molar refractivity (Wildman–Crippen MR) is 106 cm³/mol. The smallest absolute Gasteiger partial charge is 0.381 e. The SMILES string of the molecule is O=C(N1CCN(c2ccc(C(F)(F)F)cn2)CC1)C1(c2ccccc2)CCOCC1. The van der Waals surface area contributed by atoms with Crippen LogP contribution in [0.5, 0.6) is 0 Å². The Labute approximate surface area is 173 Å². The van der Waals surface area contributed by atoms with Crippen LogP contribution in [0.4, 0.5) is 19.0 Å². The van der Waals surface area contributed by atoms with E-state index in [9.17, 15) is 18.0 Å². The summed E-state index contributed by atoms with van der Waals surface area (Å²) < 4.78 is 43.8. The summed E-state index contributed by atoms with van der Waals surface area (Å²) >= 11 is 0. The number of hydrogen-bond donors (Lipinski definition) is 0. The molecule has 8 heteroatoms. The van der Waals surface area contributed by atoms with Crippen LogP contribution in [0, 0.1) is 0 Å². The Hall–Kier alpha value is -2.61. The fraction of sp³-hybridized carbons (Fsp3) is 0.455. The Bertz CT molecular complexity index is 857. The van der Waals surface area contributed by atoms with Crippen molar-refractivity contribution in [1.29, 1.82) is 0 Å². The zero-order chi connectivity index (χ0) is 21.2. The summed E-state index contributed by atoms with van der Waals surface area (Å²) in [6.07, 6.45) is -2.24. The molecule has 4 rings (SSSR count). The number of anilines is 1. The lowest BCUT2D eigenvalue weighted by Gasteiger charge is -2.43. The summed E-state index contributed by atoms with van der Waals surface area (Å²) in [5.74, 6) is 0.607. The second kappa shape index (κ2) is 8.26.